The largest absolute Gasteiger partial charge is 0.477 e. The first kappa shape index (κ1) is 14.3. The third-order valence-electron chi connectivity index (χ3n) is 3.20. The molecule has 6 nitrogen and oxygen atoms in total. The molecule has 2 rings (SSSR count). The number of aromatic nitrogens is 1. The molecule has 0 aromatic carbocycles. The van der Waals surface area contributed by atoms with Gasteiger partial charge in [-0.25, -0.2) is 14.6 Å². The van der Waals surface area contributed by atoms with Crippen molar-refractivity contribution in [1.29, 1.82) is 0 Å². The van der Waals surface area contributed by atoms with Crippen LogP contribution in [0.15, 0.2) is 18.3 Å². The minimum absolute atomic E-state index is 0.00525. The van der Waals surface area contributed by atoms with Crippen LogP contribution in [0, 0.1) is 0 Å². The molecule has 0 radical (unpaired) electrons. The molecule has 0 bridgehead atoms. The van der Waals surface area contributed by atoms with Crippen LogP contribution in [0.2, 0.25) is 0 Å². The lowest BCUT2D eigenvalue weighted by molar-refractivity contribution is 0.0690. The molecule has 0 spiro atoms. The number of hydrogen-bond acceptors (Lipinski definition) is 3. The van der Waals surface area contributed by atoms with Crippen LogP contribution in [0.5, 0.6) is 0 Å². The number of carbonyl (C=O) groups excluding carboxylic acids is 1. The van der Waals surface area contributed by atoms with Gasteiger partial charge < -0.3 is 15.3 Å². The third-order valence-corrected chi connectivity index (χ3v) is 3.20. The zero-order chi connectivity index (χ0) is 14.5. The number of carboxylic acids is 1. The molecule has 2 N–H and O–H groups in total. The SMILES string of the molecule is CCCN(C(=O)NCc1ccc(C(=O)O)nc1)C1CC1. The molecule has 20 heavy (non-hydrogen) atoms. The Hall–Kier alpha value is -2.11. The summed E-state index contributed by atoms with van der Waals surface area (Å²) in [7, 11) is 0. The molecule has 6 heteroatoms. The lowest BCUT2D eigenvalue weighted by atomic mass is 10.2. The lowest BCUT2D eigenvalue weighted by Gasteiger charge is -2.22. The summed E-state index contributed by atoms with van der Waals surface area (Å²) >= 11 is 0. The van der Waals surface area contributed by atoms with Crippen molar-refractivity contribution in [3.63, 3.8) is 0 Å². The molecule has 1 aliphatic rings. The van der Waals surface area contributed by atoms with E-state index in [2.05, 4.69) is 17.2 Å². The van der Waals surface area contributed by atoms with E-state index in [0.29, 0.717) is 12.6 Å². The van der Waals surface area contributed by atoms with E-state index >= 15 is 0 Å². The molecule has 0 saturated heterocycles. The van der Waals surface area contributed by atoms with Crippen LogP contribution in [0.3, 0.4) is 0 Å². The summed E-state index contributed by atoms with van der Waals surface area (Å²) in [6, 6.07) is 3.44. The van der Waals surface area contributed by atoms with E-state index in [9.17, 15) is 9.59 Å². The van der Waals surface area contributed by atoms with Crippen LogP contribution in [0.4, 0.5) is 4.79 Å². The van der Waals surface area contributed by atoms with E-state index in [1.54, 1.807) is 6.07 Å². The summed E-state index contributed by atoms with van der Waals surface area (Å²) in [5, 5.41) is 11.6. The van der Waals surface area contributed by atoms with Gasteiger partial charge in [0, 0.05) is 25.3 Å². The average Bonchev–Trinajstić information content (AvgIpc) is 3.27. The Morgan fingerprint density at radius 1 is 1.45 bits per heavy atom. The van der Waals surface area contributed by atoms with Crippen molar-refractivity contribution in [3.8, 4) is 0 Å². The summed E-state index contributed by atoms with van der Waals surface area (Å²) in [5.74, 6) is -1.05. The maximum absolute atomic E-state index is 12.1. The van der Waals surface area contributed by atoms with E-state index in [-0.39, 0.29) is 11.7 Å². The summed E-state index contributed by atoms with van der Waals surface area (Å²) in [6.45, 7) is 3.18. The van der Waals surface area contributed by atoms with Crippen molar-refractivity contribution in [2.24, 2.45) is 0 Å². The molecule has 1 saturated carbocycles. The topological polar surface area (TPSA) is 82.5 Å². The van der Waals surface area contributed by atoms with Crippen LogP contribution < -0.4 is 5.32 Å². The second-order valence-electron chi connectivity index (χ2n) is 4.94. The number of carbonyl (C=O) groups is 2. The predicted molar refractivity (Wildman–Crippen MR) is 73.5 cm³/mol. The van der Waals surface area contributed by atoms with Crippen molar-refractivity contribution in [1.82, 2.24) is 15.2 Å². The van der Waals surface area contributed by atoms with Crippen molar-refractivity contribution in [2.45, 2.75) is 38.8 Å². The van der Waals surface area contributed by atoms with Gasteiger partial charge in [-0.2, -0.15) is 0 Å². The Balaban J connectivity index is 1.87. The maximum atomic E-state index is 12.1. The fourth-order valence-electron chi connectivity index (χ4n) is 2.01. The van der Waals surface area contributed by atoms with Gasteiger partial charge in [0.1, 0.15) is 5.69 Å². The van der Waals surface area contributed by atoms with Crippen LogP contribution >= 0.6 is 0 Å². The fourth-order valence-corrected chi connectivity index (χ4v) is 2.01. The number of hydrogen-bond donors (Lipinski definition) is 2. The van der Waals surface area contributed by atoms with E-state index in [1.807, 2.05) is 4.90 Å². The molecular formula is C14H19N3O3. The molecule has 0 atom stereocenters. The van der Waals surface area contributed by atoms with Crippen LogP contribution in [-0.2, 0) is 6.54 Å². The molecular weight excluding hydrogens is 258 g/mol. The summed E-state index contributed by atoms with van der Waals surface area (Å²) in [5.41, 5.74) is 0.793. The van der Waals surface area contributed by atoms with E-state index < -0.39 is 5.97 Å². The Morgan fingerprint density at radius 3 is 2.70 bits per heavy atom. The first-order chi connectivity index (χ1) is 9.61. The van der Waals surface area contributed by atoms with Crippen molar-refractivity contribution in [2.75, 3.05) is 6.54 Å². The molecule has 0 aliphatic heterocycles. The monoisotopic (exact) mass is 277 g/mol. The zero-order valence-corrected chi connectivity index (χ0v) is 11.5. The summed E-state index contributed by atoms with van der Waals surface area (Å²) in [6.07, 6.45) is 4.59. The van der Waals surface area contributed by atoms with Gasteiger partial charge in [0.15, 0.2) is 0 Å². The highest BCUT2D eigenvalue weighted by Gasteiger charge is 2.31. The second-order valence-corrected chi connectivity index (χ2v) is 4.94. The Labute approximate surface area is 117 Å². The van der Waals surface area contributed by atoms with Gasteiger partial charge in [-0.3, -0.25) is 0 Å². The minimum atomic E-state index is -1.05. The number of nitrogens with zero attached hydrogens (tertiary/aromatic N) is 2. The molecule has 1 fully saturated rings. The van der Waals surface area contributed by atoms with Crippen LogP contribution in [0.25, 0.3) is 0 Å². The molecule has 108 valence electrons. The molecule has 1 aliphatic carbocycles. The zero-order valence-electron chi connectivity index (χ0n) is 11.5. The standard InChI is InChI=1S/C14H19N3O3/c1-2-7-17(11-4-5-11)14(20)16-9-10-3-6-12(13(18)19)15-8-10/h3,6,8,11H,2,4-5,7,9H2,1H3,(H,16,20)(H,18,19). The first-order valence-corrected chi connectivity index (χ1v) is 6.84. The van der Waals surface area contributed by atoms with Gasteiger partial charge >= 0.3 is 12.0 Å². The Kier molecular flexibility index (Phi) is 4.55. The number of carboxylic acid groups (broad SMARTS) is 1. The molecule has 1 aromatic heterocycles. The fraction of sp³-hybridized carbons (Fsp3) is 0.500. The maximum Gasteiger partial charge on any atom is 0.354 e. The van der Waals surface area contributed by atoms with Crippen molar-refractivity contribution >= 4 is 12.0 Å². The quantitative estimate of drug-likeness (QED) is 0.831. The second kappa shape index (κ2) is 6.36. The number of rotatable bonds is 6. The molecule has 0 unspecified atom stereocenters. The average molecular weight is 277 g/mol. The van der Waals surface area contributed by atoms with E-state index in [1.165, 1.54) is 12.3 Å². The lowest BCUT2D eigenvalue weighted by Crippen LogP contribution is -2.41. The molecule has 1 heterocycles. The minimum Gasteiger partial charge on any atom is -0.477 e. The smallest absolute Gasteiger partial charge is 0.354 e. The highest BCUT2D eigenvalue weighted by molar-refractivity contribution is 5.85. The summed E-state index contributed by atoms with van der Waals surface area (Å²) in [4.78, 5) is 28.4. The Morgan fingerprint density at radius 2 is 2.20 bits per heavy atom. The van der Waals surface area contributed by atoms with E-state index in [4.69, 9.17) is 5.11 Å². The third kappa shape index (κ3) is 3.69. The Bertz CT molecular complexity index is 483. The van der Waals surface area contributed by atoms with Gasteiger partial charge in [-0.15, -0.1) is 0 Å². The number of aromatic carboxylic acids is 1. The molecule has 2 amide bonds. The first-order valence-electron chi connectivity index (χ1n) is 6.84. The van der Waals surface area contributed by atoms with Gasteiger partial charge in [-0.1, -0.05) is 13.0 Å². The van der Waals surface area contributed by atoms with Gasteiger partial charge in [0.05, 0.1) is 0 Å². The normalized spacial score (nSPS) is 13.8. The van der Waals surface area contributed by atoms with Crippen molar-refractivity contribution < 1.29 is 14.7 Å². The van der Waals surface area contributed by atoms with E-state index in [0.717, 1.165) is 31.4 Å². The highest BCUT2D eigenvalue weighted by Crippen LogP contribution is 2.26. The van der Waals surface area contributed by atoms with Crippen LogP contribution in [-0.4, -0.2) is 39.6 Å². The van der Waals surface area contributed by atoms with Gasteiger partial charge in [0.2, 0.25) is 0 Å². The number of urea groups is 1. The van der Waals surface area contributed by atoms with Gasteiger partial charge in [-0.05, 0) is 30.9 Å². The number of pyridine rings is 1. The van der Waals surface area contributed by atoms with Crippen LogP contribution in [0.1, 0.15) is 42.2 Å². The number of amides is 2. The summed E-state index contributed by atoms with van der Waals surface area (Å²) < 4.78 is 0. The number of nitrogens with one attached hydrogen (secondary N) is 1. The predicted octanol–water partition coefficient (Wildman–Crippen LogP) is 1.86. The molecule has 1 aromatic rings. The van der Waals surface area contributed by atoms with Crippen molar-refractivity contribution in [3.05, 3.63) is 29.6 Å². The van der Waals surface area contributed by atoms with Gasteiger partial charge in [0.25, 0.3) is 0 Å². The highest BCUT2D eigenvalue weighted by atomic mass is 16.4.